The number of anilines is 1. The van der Waals surface area contributed by atoms with Crippen molar-refractivity contribution in [1.29, 1.82) is 0 Å². The van der Waals surface area contributed by atoms with E-state index in [1.54, 1.807) is 18.5 Å². The third-order valence-corrected chi connectivity index (χ3v) is 5.90. The van der Waals surface area contributed by atoms with Gasteiger partial charge in [-0.15, -0.1) is 0 Å². The fraction of sp³-hybridized carbons (Fsp3) is 0.348. The van der Waals surface area contributed by atoms with Gasteiger partial charge in [0.2, 0.25) is 5.95 Å². The number of nitrogens with zero attached hydrogens (tertiary/aromatic N) is 5. The van der Waals surface area contributed by atoms with Crippen LogP contribution in [0.15, 0.2) is 42.7 Å². The van der Waals surface area contributed by atoms with Gasteiger partial charge >= 0.3 is 0 Å². The summed E-state index contributed by atoms with van der Waals surface area (Å²) in [4.78, 5) is 18.1. The standard InChI is InChI=1S/C23H25FN8/c24-15-3-1-2-14(12-15)4-9-20-26-11-10-19(29-20)21-18-13-27-23(30-22(18)32-31-21)28-17-7-5-16(25)6-8-17/h1-3,10-13,16-17H,4-9,25H2,(H2,27,28,30,31,32). The van der Waals surface area contributed by atoms with Gasteiger partial charge in [-0.3, -0.25) is 5.10 Å². The number of nitrogens with two attached hydrogens (primary N) is 1. The highest BCUT2D eigenvalue weighted by Gasteiger charge is 2.20. The summed E-state index contributed by atoms with van der Waals surface area (Å²) in [6.45, 7) is 0. The smallest absolute Gasteiger partial charge is 0.224 e. The minimum absolute atomic E-state index is 0.234. The number of rotatable bonds is 6. The van der Waals surface area contributed by atoms with Crippen LogP contribution in [0.3, 0.4) is 0 Å². The number of benzene rings is 1. The van der Waals surface area contributed by atoms with Crippen LogP contribution in [0.4, 0.5) is 10.3 Å². The maximum Gasteiger partial charge on any atom is 0.224 e. The second-order valence-electron chi connectivity index (χ2n) is 8.27. The molecular weight excluding hydrogens is 407 g/mol. The third kappa shape index (κ3) is 4.57. The molecule has 1 saturated carbocycles. The number of hydrogen-bond donors (Lipinski definition) is 3. The van der Waals surface area contributed by atoms with E-state index in [-0.39, 0.29) is 5.82 Å². The number of nitrogens with one attached hydrogen (secondary N) is 2. The van der Waals surface area contributed by atoms with Crippen molar-refractivity contribution in [1.82, 2.24) is 30.1 Å². The molecule has 1 fully saturated rings. The number of hydrogen-bond acceptors (Lipinski definition) is 7. The summed E-state index contributed by atoms with van der Waals surface area (Å²) in [6, 6.07) is 9.07. The van der Waals surface area contributed by atoms with Gasteiger partial charge in [-0.25, -0.2) is 19.3 Å². The Kier molecular flexibility index (Phi) is 5.72. The maximum absolute atomic E-state index is 13.4. The van der Waals surface area contributed by atoms with Crippen molar-refractivity contribution in [2.24, 2.45) is 5.73 Å². The predicted molar refractivity (Wildman–Crippen MR) is 120 cm³/mol. The van der Waals surface area contributed by atoms with Gasteiger partial charge in [0.1, 0.15) is 11.6 Å². The van der Waals surface area contributed by atoms with Crippen LogP contribution in [0, 0.1) is 5.82 Å². The molecule has 0 saturated heterocycles. The number of halogens is 1. The summed E-state index contributed by atoms with van der Waals surface area (Å²) in [7, 11) is 0. The maximum atomic E-state index is 13.4. The minimum atomic E-state index is -0.234. The summed E-state index contributed by atoms with van der Waals surface area (Å²) >= 11 is 0. The summed E-state index contributed by atoms with van der Waals surface area (Å²) in [5, 5.41) is 11.6. The molecule has 3 heterocycles. The van der Waals surface area contributed by atoms with E-state index in [9.17, 15) is 4.39 Å². The second kappa shape index (κ2) is 8.96. The predicted octanol–water partition coefficient (Wildman–Crippen LogP) is 3.42. The van der Waals surface area contributed by atoms with Crippen LogP contribution >= 0.6 is 0 Å². The number of fused-ring (bicyclic) bond motifs is 1. The minimum Gasteiger partial charge on any atom is -0.351 e. The Labute approximate surface area is 184 Å². The van der Waals surface area contributed by atoms with E-state index in [0.29, 0.717) is 42.3 Å². The first-order valence-corrected chi connectivity index (χ1v) is 10.9. The van der Waals surface area contributed by atoms with E-state index in [4.69, 9.17) is 5.73 Å². The average Bonchev–Trinajstić information content (AvgIpc) is 3.23. The van der Waals surface area contributed by atoms with E-state index in [0.717, 1.165) is 48.0 Å². The lowest BCUT2D eigenvalue weighted by atomic mass is 9.92. The Morgan fingerprint density at radius 2 is 1.94 bits per heavy atom. The van der Waals surface area contributed by atoms with Gasteiger partial charge in [0, 0.05) is 30.9 Å². The lowest BCUT2D eigenvalue weighted by Gasteiger charge is -2.26. The van der Waals surface area contributed by atoms with Crippen LogP contribution in [0.2, 0.25) is 0 Å². The fourth-order valence-electron chi connectivity index (χ4n) is 4.12. The van der Waals surface area contributed by atoms with Gasteiger partial charge in [0.05, 0.1) is 16.8 Å². The fourth-order valence-corrected chi connectivity index (χ4v) is 4.12. The Balaban J connectivity index is 1.31. The average molecular weight is 433 g/mol. The van der Waals surface area contributed by atoms with E-state index in [1.165, 1.54) is 12.1 Å². The largest absolute Gasteiger partial charge is 0.351 e. The molecule has 0 radical (unpaired) electrons. The molecular formula is C23H25FN8. The molecule has 0 spiro atoms. The van der Waals surface area contributed by atoms with Gasteiger partial charge in [0.25, 0.3) is 0 Å². The van der Waals surface area contributed by atoms with Crippen molar-refractivity contribution in [3.8, 4) is 11.4 Å². The highest BCUT2D eigenvalue weighted by Crippen LogP contribution is 2.25. The Bertz CT molecular complexity index is 1220. The molecule has 0 amide bonds. The normalized spacial score (nSPS) is 18.7. The third-order valence-electron chi connectivity index (χ3n) is 5.90. The summed E-state index contributed by atoms with van der Waals surface area (Å²) in [6.07, 6.45) is 8.84. The molecule has 4 aromatic rings. The Morgan fingerprint density at radius 1 is 1.06 bits per heavy atom. The van der Waals surface area contributed by atoms with Gasteiger partial charge in [-0.05, 0) is 55.9 Å². The van der Waals surface area contributed by atoms with Crippen LogP contribution in [-0.2, 0) is 12.8 Å². The first-order chi connectivity index (χ1) is 15.6. The van der Waals surface area contributed by atoms with Crippen molar-refractivity contribution in [3.63, 3.8) is 0 Å². The molecule has 32 heavy (non-hydrogen) atoms. The highest BCUT2D eigenvalue weighted by atomic mass is 19.1. The monoisotopic (exact) mass is 432 g/mol. The molecule has 0 unspecified atom stereocenters. The molecule has 164 valence electrons. The first-order valence-electron chi connectivity index (χ1n) is 10.9. The second-order valence-corrected chi connectivity index (χ2v) is 8.27. The van der Waals surface area contributed by atoms with Crippen molar-refractivity contribution in [2.75, 3.05) is 5.32 Å². The molecule has 0 atom stereocenters. The van der Waals surface area contributed by atoms with Crippen molar-refractivity contribution in [3.05, 3.63) is 59.9 Å². The lowest BCUT2D eigenvalue weighted by molar-refractivity contribution is 0.410. The van der Waals surface area contributed by atoms with Crippen LogP contribution in [-0.4, -0.2) is 42.2 Å². The zero-order valence-electron chi connectivity index (χ0n) is 17.6. The number of aromatic nitrogens is 6. The molecule has 9 heteroatoms. The van der Waals surface area contributed by atoms with Crippen molar-refractivity contribution in [2.45, 2.75) is 50.6 Å². The SMILES string of the molecule is NC1CCC(Nc2ncc3c(-c4ccnc(CCc5cccc(F)c5)n4)[nH]nc3n2)CC1. The van der Waals surface area contributed by atoms with Crippen LogP contribution in [0.5, 0.6) is 0 Å². The summed E-state index contributed by atoms with van der Waals surface area (Å²) in [5.74, 6) is 1.03. The molecule has 1 aromatic carbocycles. The molecule has 5 rings (SSSR count). The Morgan fingerprint density at radius 3 is 2.78 bits per heavy atom. The molecule has 4 N–H and O–H groups in total. The first kappa shape index (κ1) is 20.4. The van der Waals surface area contributed by atoms with E-state index < -0.39 is 0 Å². The number of aromatic amines is 1. The Hall–Kier alpha value is -3.46. The molecule has 1 aliphatic rings. The van der Waals surface area contributed by atoms with Gasteiger partial charge < -0.3 is 11.1 Å². The summed E-state index contributed by atoms with van der Waals surface area (Å²) in [5.41, 5.74) is 8.97. The topological polar surface area (TPSA) is 118 Å². The zero-order chi connectivity index (χ0) is 21.9. The molecule has 0 bridgehead atoms. The van der Waals surface area contributed by atoms with E-state index in [1.807, 2.05) is 12.1 Å². The quantitative estimate of drug-likeness (QED) is 0.427. The summed E-state index contributed by atoms with van der Waals surface area (Å²) < 4.78 is 13.4. The number of aryl methyl sites for hydroxylation is 2. The van der Waals surface area contributed by atoms with E-state index in [2.05, 4.69) is 35.5 Å². The van der Waals surface area contributed by atoms with Crippen LogP contribution in [0.1, 0.15) is 37.1 Å². The van der Waals surface area contributed by atoms with Gasteiger partial charge in [-0.1, -0.05) is 12.1 Å². The number of H-pyrrole nitrogens is 1. The molecule has 1 aliphatic carbocycles. The molecule has 3 aromatic heterocycles. The lowest BCUT2D eigenvalue weighted by Crippen LogP contribution is -2.33. The van der Waals surface area contributed by atoms with E-state index >= 15 is 0 Å². The van der Waals surface area contributed by atoms with Crippen molar-refractivity contribution >= 4 is 17.0 Å². The molecule has 8 nitrogen and oxygen atoms in total. The highest BCUT2D eigenvalue weighted by molar-refractivity contribution is 5.89. The zero-order valence-corrected chi connectivity index (χ0v) is 17.6. The van der Waals surface area contributed by atoms with Crippen molar-refractivity contribution < 1.29 is 4.39 Å². The molecule has 0 aliphatic heterocycles. The van der Waals surface area contributed by atoms with Gasteiger partial charge in [0.15, 0.2) is 5.65 Å². The van der Waals surface area contributed by atoms with Crippen LogP contribution < -0.4 is 11.1 Å². The van der Waals surface area contributed by atoms with Gasteiger partial charge in [-0.2, -0.15) is 10.1 Å². The van der Waals surface area contributed by atoms with Crippen LogP contribution in [0.25, 0.3) is 22.4 Å².